The third-order valence-electron chi connectivity index (χ3n) is 8.25. The second-order valence-electron chi connectivity index (χ2n) is 13.3. The van der Waals surface area contributed by atoms with Crippen LogP contribution < -0.4 is 0 Å². The average Bonchev–Trinajstić information content (AvgIpc) is 2.98. The molecule has 0 unspecified atom stereocenters. The zero-order valence-electron chi connectivity index (χ0n) is 29.3. The first-order valence-electron chi connectivity index (χ1n) is 16.6. The maximum atomic E-state index is 13.0. The molecule has 0 bridgehead atoms. The highest BCUT2D eigenvalue weighted by Gasteiger charge is 2.96. The van der Waals surface area contributed by atoms with E-state index in [1.807, 2.05) is 0 Å². The van der Waals surface area contributed by atoms with E-state index in [1.165, 1.54) is 120 Å². The molecular formula is C30H49F17NO3S+. The van der Waals surface area contributed by atoms with Crippen LogP contribution >= 0.6 is 0 Å². The smallest absolute Gasteiger partial charge is 0.328 e. The standard InChI is InChI=1S/C22H48N.C8HF17O3S/c1-5-7-9-11-13-15-17-19-21-23(3,4)22-20-18-16-14-12-10-8-6-2;9-1(10,3(13,14)5(17,18)7(21,22)23)2(11,12)4(15,16)6(19,20)8(24,25)29(26,27)28/h5-22H2,1-4H3;(H,26,27,28)/q+1;. The number of nitrogens with zero attached hydrogens (tertiary/aromatic N) is 1. The van der Waals surface area contributed by atoms with Crippen molar-refractivity contribution in [1.29, 1.82) is 0 Å². The first kappa shape index (κ1) is 52.8. The molecule has 52 heavy (non-hydrogen) atoms. The number of rotatable bonds is 25. The zero-order valence-corrected chi connectivity index (χ0v) is 30.1. The molecule has 0 fully saturated rings. The first-order valence-corrected chi connectivity index (χ1v) is 18.1. The molecule has 316 valence electrons. The van der Waals surface area contributed by atoms with Crippen molar-refractivity contribution >= 4 is 10.1 Å². The van der Waals surface area contributed by atoms with Crippen molar-refractivity contribution in [2.75, 3.05) is 27.2 Å². The minimum absolute atomic E-state index is 1.24. The van der Waals surface area contributed by atoms with E-state index in [9.17, 15) is 83.1 Å². The Balaban J connectivity index is 0. The van der Waals surface area contributed by atoms with Gasteiger partial charge in [-0.2, -0.15) is 83.1 Å². The van der Waals surface area contributed by atoms with Gasteiger partial charge in [0.15, 0.2) is 0 Å². The first-order chi connectivity index (χ1) is 23.1. The van der Waals surface area contributed by atoms with E-state index in [2.05, 4.69) is 27.9 Å². The van der Waals surface area contributed by atoms with Crippen molar-refractivity contribution in [1.82, 2.24) is 0 Å². The van der Waals surface area contributed by atoms with E-state index in [4.69, 9.17) is 4.55 Å². The van der Waals surface area contributed by atoms with Crippen LogP contribution in [0.2, 0.25) is 0 Å². The quantitative estimate of drug-likeness (QED) is 0.0432. The van der Waals surface area contributed by atoms with Gasteiger partial charge in [0.2, 0.25) is 0 Å². The summed E-state index contributed by atoms with van der Waals surface area (Å²) < 4.78 is 244. The fraction of sp³-hybridized carbons (Fsp3) is 1.00. The Morgan fingerprint density at radius 3 is 0.885 bits per heavy atom. The molecule has 0 amide bonds. The predicted molar refractivity (Wildman–Crippen MR) is 159 cm³/mol. The fourth-order valence-electron chi connectivity index (χ4n) is 4.77. The molecule has 0 rings (SSSR count). The summed E-state index contributed by atoms with van der Waals surface area (Å²) in [6.45, 7) is 7.36. The Hall–Kier alpha value is -1.32. The van der Waals surface area contributed by atoms with Crippen LogP contribution in [-0.4, -0.2) is 91.6 Å². The number of alkyl halides is 17. The predicted octanol–water partition coefficient (Wildman–Crippen LogP) is 12.2. The topological polar surface area (TPSA) is 54.4 Å². The summed E-state index contributed by atoms with van der Waals surface area (Å²) >= 11 is 0. The van der Waals surface area contributed by atoms with Gasteiger partial charge >= 0.3 is 57.1 Å². The van der Waals surface area contributed by atoms with Gasteiger partial charge in [-0.25, -0.2) is 0 Å². The van der Waals surface area contributed by atoms with Crippen LogP contribution in [0.4, 0.5) is 74.6 Å². The molecule has 0 aliphatic heterocycles. The van der Waals surface area contributed by atoms with Crippen LogP contribution in [0.5, 0.6) is 0 Å². The molecule has 0 saturated carbocycles. The normalized spacial score (nSPS) is 14.7. The van der Waals surface area contributed by atoms with Crippen molar-refractivity contribution in [2.24, 2.45) is 0 Å². The Kier molecular flexibility index (Phi) is 20.3. The Labute approximate surface area is 293 Å². The third-order valence-corrected chi connectivity index (χ3v) is 9.16. The van der Waals surface area contributed by atoms with Crippen LogP contribution in [0.15, 0.2) is 0 Å². The van der Waals surface area contributed by atoms with E-state index in [0.717, 1.165) is 0 Å². The Morgan fingerprint density at radius 1 is 0.404 bits per heavy atom. The zero-order chi connectivity index (χ0) is 41.7. The average molecular weight is 827 g/mol. The molecule has 0 aromatic heterocycles. The van der Waals surface area contributed by atoms with Crippen LogP contribution in [-0.2, 0) is 10.1 Å². The van der Waals surface area contributed by atoms with Crippen LogP contribution in [0, 0.1) is 0 Å². The highest BCUT2D eigenvalue weighted by atomic mass is 32.2. The highest BCUT2D eigenvalue weighted by Crippen LogP contribution is 2.64. The Bertz CT molecular complexity index is 1110. The van der Waals surface area contributed by atoms with E-state index in [-0.39, 0.29) is 0 Å². The molecule has 0 spiro atoms. The summed E-state index contributed by atoms with van der Waals surface area (Å²) in [6, 6.07) is 0. The lowest BCUT2D eigenvalue weighted by atomic mass is 9.91. The van der Waals surface area contributed by atoms with Gasteiger partial charge in [-0.15, -0.1) is 0 Å². The molecule has 0 aliphatic rings. The van der Waals surface area contributed by atoms with Gasteiger partial charge in [0, 0.05) is 0 Å². The van der Waals surface area contributed by atoms with Crippen LogP contribution in [0.25, 0.3) is 0 Å². The van der Waals surface area contributed by atoms with Crippen molar-refractivity contribution in [3.05, 3.63) is 0 Å². The summed E-state index contributed by atoms with van der Waals surface area (Å²) in [5, 5.41) is -7.84. The SMILES string of the molecule is CCCCCCCCCC[N+](C)(C)CCCCCCCCCC.O=S(=O)(O)C(F)(F)C(F)(F)C(F)(F)C(F)(F)C(F)(F)C(F)(F)C(F)(F)C(F)(F)F. The molecule has 22 heteroatoms. The number of unbranched alkanes of at least 4 members (excludes halogenated alkanes) is 14. The van der Waals surface area contributed by atoms with Gasteiger partial charge in [-0.1, -0.05) is 90.9 Å². The summed E-state index contributed by atoms with van der Waals surface area (Å²) in [4.78, 5) is 0. The van der Waals surface area contributed by atoms with Crippen molar-refractivity contribution < 1.29 is 92.1 Å². The molecule has 0 heterocycles. The third kappa shape index (κ3) is 12.9. The molecule has 0 aromatic rings. The monoisotopic (exact) mass is 826 g/mol. The second kappa shape index (κ2) is 20.0. The fourth-order valence-corrected chi connectivity index (χ4v) is 5.22. The molecule has 0 radical (unpaired) electrons. The van der Waals surface area contributed by atoms with Gasteiger partial charge in [0.25, 0.3) is 0 Å². The molecule has 0 aromatic carbocycles. The van der Waals surface area contributed by atoms with Gasteiger partial charge in [-0.3, -0.25) is 4.55 Å². The van der Waals surface area contributed by atoms with E-state index >= 15 is 0 Å². The maximum Gasteiger partial charge on any atom is 0.460 e. The summed E-state index contributed by atoms with van der Waals surface area (Å²) in [5.74, 6) is -52.0. The van der Waals surface area contributed by atoms with Crippen molar-refractivity contribution in [3.63, 3.8) is 0 Å². The van der Waals surface area contributed by atoms with E-state index < -0.39 is 57.1 Å². The van der Waals surface area contributed by atoms with Gasteiger partial charge < -0.3 is 4.48 Å². The lowest BCUT2D eigenvalue weighted by Crippen LogP contribution is -2.74. The molecule has 0 saturated heterocycles. The molecule has 0 atom stereocenters. The number of halogens is 17. The molecule has 0 aliphatic carbocycles. The lowest BCUT2D eigenvalue weighted by molar-refractivity contribution is -0.890. The largest absolute Gasteiger partial charge is 0.460 e. The van der Waals surface area contributed by atoms with E-state index in [1.54, 1.807) is 0 Å². The number of hydrogen-bond acceptors (Lipinski definition) is 2. The van der Waals surface area contributed by atoms with Gasteiger partial charge in [-0.05, 0) is 25.7 Å². The lowest BCUT2D eigenvalue weighted by Gasteiger charge is -2.42. The second-order valence-corrected chi connectivity index (χ2v) is 14.7. The minimum atomic E-state index is -8.89. The Morgan fingerprint density at radius 2 is 0.635 bits per heavy atom. The van der Waals surface area contributed by atoms with Gasteiger partial charge in [0.05, 0.1) is 27.2 Å². The highest BCUT2D eigenvalue weighted by molar-refractivity contribution is 7.87. The van der Waals surface area contributed by atoms with E-state index in [0.29, 0.717) is 0 Å². The maximum absolute atomic E-state index is 13.0. The summed E-state index contributed by atoms with van der Waals surface area (Å²) in [7, 11) is -3.03. The summed E-state index contributed by atoms with van der Waals surface area (Å²) in [5.41, 5.74) is 0. The van der Waals surface area contributed by atoms with Crippen molar-refractivity contribution in [2.45, 2.75) is 164 Å². The molecule has 1 N–H and O–H groups in total. The van der Waals surface area contributed by atoms with Crippen LogP contribution in [0.3, 0.4) is 0 Å². The number of quaternary nitrogens is 1. The molecule has 4 nitrogen and oxygen atoms in total. The summed E-state index contributed by atoms with van der Waals surface area (Å²) in [6.07, 6.45) is 15.2. The van der Waals surface area contributed by atoms with Crippen molar-refractivity contribution in [3.8, 4) is 0 Å². The minimum Gasteiger partial charge on any atom is -0.328 e. The molecular weight excluding hydrogens is 777 g/mol. The number of hydrogen-bond donors (Lipinski definition) is 1. The van der Waals surface area contributed by atoms with Gasteiger partial charge in [0.1, 0.15) is 0 Å². The van der Waals surface area contributed by atoms with Crippen LogP contribution in [0.1, 0.15) is 117 Å².